The second kappa shape index (κ2) is 5.24. The zero-order valence-electron chi connectivity index (χ0n) is 10.4. The maximum Gasteiger partial charge on any atom is 0.203 e. The first-order chi connectivity index (χ1) is 9.31. The van der Waals surface area contributed by atoms with Crippen LogP contribution in [0.3, 0.4) is 0 Å². The molecule has 0 spiro atoms. The molecule has 3 rings (SSSR count). The zero-order chi connectivity index (χ0) is 13.1. The van der Waals surface area contributed by atoms with E-state index in [1.807, 2.05) is 6.07 Å². The lowest BCUT2D eigenvalue weighted by molar-refractivity contribution is 0.406. The van der Waals surface area contributed by atoms with Gasteiger partial charge in [0.2, 0.25) is 5.13 Å². The minimum atomic E-state index is 0.510. The Hall–Kier alpha value is -2.14. The summed E-state index contributed by atoms with van der Waals surface area (Å²) in [6, 6.07) is 10.4. The van der Waals surface area contributed by atoms with Gasteiger partial charge in [-0.25, -0.2) is 0 Å². The second-order valence-corrected chi connectivity index (χ2v) is 5.34. The van der Waals surface area contributed by atoms with Crippen LogP contribution in [0, 0.1) is 0 Å². The monoisotopic (exact) mass is 270 g/mol. The highest BCUT2D eigenvalue weighted by molar-refractivity contribution is 7.16. The van der Waals surface area contributed by atoms with Crippen molar-refractivity contribution in [3.05, 3.63) is 59.3 Å². The molecule has 1 aromatic heterocycles. The quantitative estimate of drug-likeness (QED) is 0.931. The smallest absolute Gasteiger partial charge is 0.203 e. The summed E-state index contributed by atoms with van der Waals surface area (Å²) in [5.74, 6) is 0. The minimum Gasteiger partial charge on any atom is -0.374 e. The van der Waals surface area contributed by atoms with E-state index in [1.165, 1.54) is 16.9 Å². The second-order valence-electron chi connectivity index (χ2n) is 4.34. The van der Waals surface area contributed by atoms with Crippen LogP contribution in [0.25, 0.3) is 5.57 Å². The van der Waals surface area contributed by atoms with Gasteiger partial charge >= 0.3 is 0 Å². The number of nitrogens with zero attached hydrogens (tertiary/aromatic N) is 3. The maximum absolute atomic E-state index is 5.60. The van der Waals surface area contributed by atoms with E-state index < -0.39 is 0 Å². The summed E-state index contributed by atoms with van der Waals surface area (Å²) in [5.41, 5.74) is 8.00. The summed E-state index contributed by atoms with van der Waals surface area (Å²) in [5, 5.41) is 9.28. The number of allylic oxidation sites excluding steroid dienone is 2. The Morgan fingerprint density at radius 3 is 2.68 bits per heavy atom. The van der Waals surface area contributed by atoms with Crippen LogP contribution >= 0.6 is 11.3 Å². The SMILES string of the molecule is Nc1nnc(C2=CCN(Cc3ccccc3)C=C2)s1. The molecule has 0 radical (unpaired) electrons. The van der Waals surface area contributed by atoms with E-state index >= 15 is 0 Å². The Labute approximate surface area is 115 Å². The van der Waals surface area contributed by atoms with Crippen LogP contribution in [-0.4, -0.2) is 21.6 Å². The van der Waals surface area contributed by atoms with Gasteiger partial charge in [0.25, 0.3) is 0 Å². The lowest BCUT2D eigenvalue weighted by atomic mass is 10.1. The molecule has 0 atom stereocenters. The van der Waals surface area contributed by atoms with Crippen LogP contribution in [0.5, 0.6) is 0 Å². The van der Waals surface area contributed by atoms with Crippen LogP contribution in [0.2, 0.25) is 0 Å². The van der Waals surface area contributed by atoms with Crippen molar-refractivity contribution in [3.63, 3.8) is 0 Å². The normalized spacial score (nSPS) is 14.5. The molecule has 96 valence electrons. The summed E-state index contributed by atoms with van der Waals surface area (Å²) in [7, 11) is 0. The highest BCUT2D eigenvalue weighted by atomic mass is 32.1. The Balaban J connectivity index is 1.66. The summed E-state index contributed by atoms with van der Waals surface area (Å²) in [4.78, 5) is 2.25. The number of hydrogen-bond donors (Lipinski definition) is 1. The predicted molar refractivity (Wildman–Crippen MR) is 78.3 cm³/mol. The standard InChI is InChI=1S/C14H14N4S/c15-14-17-16-13(19-14)12-6-8-18(9-7-12)10-11-4-2-1-3-5-11/h1-8H,9-10H2,(H2,15,17). The van der Waals surface area contributed by atoms with Gasteiger partial charge in [-0.3, -0.25) is 0 Å². The van der Waals surface area contributed by atoms with Gasteiger partial charge in [-0.2, -0.15) is 0 Å². The van der Waals surface area contributed by atoms with Gasteiger partial charge in [0.15, 0.2) is 0 Å². The third kappa shape index (κ3) is 2.82. The lowest BCUT2D eigenvalue weighted by Crippen LogP contribution is -2.19. The van der Waals surface area contributed by atoms with Crippen LogP contribution in [0.15, 0.2) is 48.7 Å². The molecule has 0 fully saturated rings. The first-order valence-electron chi connectivity index (χ1n) is 6.07. The number of nitrogen functional groups attached to an aromatic ring is 1. The van der Waals surface area contributed by atoms with E-state index in [9.17, 15) is 0 Å². The van der Waals surface area contributed by atoms with Crippen molar-refractivity contribution in [2.24, 2.45) is 0 Å². The molecule has 0 saturated heterocycles. The van der Waals surface area contributed by atoms with Crippen LogP contribution in [0.1, 0.15) is 10.6 Å². The molecule has 5 heteroatoms. The number of aromatic nitrogens is 2. The molecule has 0 amide bonds. The van der Waals surface area contributed by atoms with Gasteiger partial charge in [-0.05, 0) is 11.6 Å². The van der Waals surface area contributed by atoms with Crippen LogP contribution in [-0.2, 0) is 6.54 Å². The summed E-state index contributed by atoms with van der Waals surface area (Å²) < 4.78 is 0. The molecular weight excluding hydrogens is 256 g/mol. The number of rotatable bonds is 3. The largest absolute Gasteiger partial charge is 0.374 e. The molecule has 2 heterocycles. The Kier molecular flexibility index (Phi) is 3.29. The molecule has 2 N–H and O–H groups in total. The Bertz CT molecular complexity index is 615. The lowest BCUT2D eigenvalue weighted by Gasteiger charge is -2.22. The molecule has 1 aliphatic heterocycles. The minimum absolute atomic E-state index is 0.510. The first kappa shape index (κ1) is 11.9. The van der Waals surface area contributed by atoms with Gasteiger partial charge in [0.1, 0.15) is 5.01 Å². The van der Waals surface area contributed by atoms with Gasteiger partial charge < -0.3 is 10.6 Å². The summed E-state index contributed by atoms with van der Waals surface area (Å²) in [6.45, 7) is 1.79. The third-order valence-electron chi connectivity index (χ3n) is 2.93. The van der Waals surface area contributed by atoms with Crippen LogP contribution < -0.4 is 5.73 Å². The van der Waals surface area contributed by atoms with E-state index in [2.05, 4.69) is 57.7 Å². The van der Waals surface area contributed by atoms with Gasteiger partial charge in [-0.1, -0.05) is 47.7 Å². The third-order valence-corrected chi connectivity index (χ3v) is 3.73. The van der Waals surface area contributed by atoms with Crippen molar-refractivity contribution in [1.29, 1.82) is 0 Å². The molecule has 0 aliphatic carbocycles. The molecule has 0 saturated carbocycles. The Morgan fingerprint density at radius 2 is 2.05 bits per heavy atom. The average molecular weight is 270 g/mol. The fourth-order valence-electron chi connectivity index (χ4n) is 1.98. The topological polar surface area (TPSA) is 55.0 Å². The highest BCUT2D eigenvalue weighted by Crippen LogP contribution is 2.24. The van der Waals surface area contributed by atoms with E-state index in [0.29, 0.717) is 5.13 Å². The predicted octanol–water partition coefficient (Wildman–Crippen LogP) is 2.53. The molecular formula is C14H14N4S. The van der Waals surface area contributed by atoms with Crippen molar-refractivity contribution in [2.45, 2.75) is 6.54 Å². The van der Waals surface area contributed by atoms with Crippen LogP contribution in [0.4, 0.5) is 5.13 Å². The fourth-order valence-corrected chi connectivity index (χ4v) is 2.61. The fraction of sp³-hybridized carbons (Fsp3) is 0.143. The molecule has 0 bridgehead atoms. The molecule has 1 aliphatic rings. The molecule has 19 heavy (non-hydrogen) atoms. The number of benzene rings is 1. The van der Waals surface area contributed by atoms with E-state index in [4.69, 9.17) is 5.73 Å². The van der Waals surface area contributed by atoms with Gasteiger partial charge in [0, 0.05) is 24.9 Å². The number of nitrogens with two attached hydrogens (primary N) is 1. The average Bonchev–Trinajstić information content (AvgIpc) is 2.87. The first-order valence-corrected chi connectivity index (χ1v) is 6.88. The van der Waals surface area contributed by atoms with Crippen molar-refractivity contribution >= 4 is 22.0 Å². The van der Waals surface area contributed by atoms with E-state index in [1.54, 1.807) is 0 Å². The molecule has 0 unspecified atom stereocenters. The molecule has 1 aromatic carbocycles. The van der Waals surface area contributed by atoms with Gasteiger partial charge in [-0.15, -0.1) is 10.2 Å². The Morgan fingerprint density at radius 1 is 1.21 bits per heavy atom. The highest BCUT2D eigenvalue weighted by Gasteiger charge is 2.10. The van der Waals surface area contributed by atoms with E-state index in [0.717, 1.165) is 23.7 Å². The van der Waals surface area contributed by atoms with Crippen molar-refractivity contribution in [3.8, 4) is 0 Å². The summed E-state index contributed by atoms with van der Waals surface area (Å²) >= 11 is 1.42. The maximum atomic E-state index is 5.60. The van der Waals surface area contributed by atoms with Crippen molar-refractivity contribution in [1.82, 2.24) is 15.1 Å². The summed E-state index contributed by atoms with van der Waals surface area (Å²) in [6.07, 6.45) is 6.31. The number of hydrogen-bond acceptors (Lipinski definition) is 5. The molecule has 4 nitrogen and oxygen atoms in total. The molecule has 2 aromatic rings. The van der Waals surface area contributed by atoms with E-state index in [-0.39, 0.29) is 0 Å². The van der Waals surface area contributed by atoms with Gasteiger partial charge in [0.05, 0.1) is 0 Å². The zero-order valence-corrected chi connectivity index (χ0v) is 11.2. The number of anilines is 1. The van der Waals surface area contributed by atoms with Crippen molar-refractivity contribution in [2.75, 3.05) is 12.3 Å². The van der Waals surface area contributed by atoms with Crippen molar-refractivity contribution < 1.29 is 0 Å².